The van der Waals surface area contributed by atoms with Gasteiger partial charge >= 0.3 is 0 Å². The highest BCUT2D eigenvalue weighted by molar-refractivity contribution is 7.80. The number of aliphatic imine (C=N–C) groups is 1. The van der Waals surface area contributed by atoms with Gasteiger partial charge in [0.2, 0.25) is 0 Å². The predicted octanol–water partition coefficient (Wildman–Crippen LogP) is 4.23. The third-order valence-corrected chi connectivity index (χ3v) is 3.25. The molecule has 2 aromatic carbocycles. The number of nitrogens with one attached hydrogen (secondary N) is 1. The summed E-state index contributed by atoms with van der Waals surface area (Å²) in [4.78, 5) is 4.95. The molecule has 0 radical (unpaired) electrons. The molecule has 0 unspecified atom stereocenters. The van der Waals surface area contributed by atoms with E-state index in [0.717, 1.165) is 23.4 Å². The van der Waals surface area contributed by atoms with Crippen LogP contribution in [-0.2, 0) is 0 Å². The largest absolute Gasteiger partial charge is 0.348 e. The van der Waals surface area contributed by atoms with Crippen LogP contribution < -0.4 is 5.32 Å². The van der Waals surface area contributed by atoms with E-state index >= 15 is 0 Å². The Kier molecular flexibility index (Phi) is 3.28. The first kappa shape index (κ1) is 12.9. The lowest BCUT2D eigenvalue weighted by Gasteiger charge is -2.06. The lowest BCUT2D eigenvalue weighted by atomic mass is 10.1. The lowest BCUT2D eigenvalue weighted by Crippen LogP contribution is -2.13. The van der Waals surface area contributed by atoms with Gasteiger partial charge in [0.05, 0.1) is 22.1 Å². The van der Waals surface area contributed by atoms with Crippen molar-refractivity contribution in [1.82, 2.24) is 0 Å². The normalized spacial score (nSPS) is 14.1. The molecule has 0 saturated carbocycles. The maximum absolute atomic E-state index is 13.4. The fourth-order valence-corrected chi connectivity index (χ4v) is 2.30. The first-order valence-electron chi connectivity index (χ1n) is 6.05. The standard InChI is InChI=1S/C15H10F2N2S/c16-10-6-13-14(7-11(10)17)19-15(20)8-12(18-13)9-4-2-1-3-5-9/h1-7H,8H2,(H,19,20). The van der Waals surface area contributed by atoms with E-state index in [1.54, 1.807) is 0 Å². The van der Waals surface area contributed by atoms with E-state index in [1.165, 1.54) is 0 Å². The SMILES string of the molecule is Fc1cc2c(cc1F)NC(=S)CC(c1ccccc1)=N2. The fourth-order valence-electron chi connectivity index (χ4n) is 2.06. The average molecular weight is 288 g/mol. The van der Waals surface area contributed by atoms with Crippen LogP contribution in [0.25, 0.3) is 0 Å². The molecule has 5 heteroatoms. The fraction of sp³-hybridized carbons (Fsp3) is 0.0667. The predicted molar refractivity (Wildman–Crippen MR) is 79.8 cm³/mol. The molecule has 0 aliphatic carbocycles. The van der Waals surface area contributed by atoms with Crippen molar-refractivity contribution >= 4 is 34.3 Å². The third kappa shape index (κ3) is 2.44. The molecular formula is C15H10F2N2S. The van der Waals surface area contributed by atoms with Crippen molar-refractivity contribution < 1.29 is 8.78 Å². The van der Waals surface area contributed by atoms with E-state index in [2.05, 4.69) is 10.3 Å². The van der Waals surface area contributed by atoms with E-state index in [0.29, 0.717) is 22.8 Å². The Morgan fingerprint density at radius 2 is 1.75 bits per heavy atom. The molecule has 0 aromatic heterocycles. The number of anilines is 1. The van der Waals surface area contributed by atoms with Crippen LogP contribution >= 0.6 is 12.2 Å². The Hall–Kier alpha value is -2.14. The molecule has 0 spiro atoms. The zero-order chi connectivity index (χ0) is 14.1. The summed E-state index contributed by atoms with van der Waals surface area (Å²) in [6.45, 7) is 0. The van der Waals surface area contributed by atoms with Crippen LogP contribution in [0.2, 0.25) is 0 Å². The molecule has 1 N–H and O–H groups in total. The molecule has 0 bridgehead atoms. The van der Waals surface area contributed by atoms with Gasteiger partial charge in [-0.15, -0.1) is 0 Å². The molecule has 2 nitrogen and oxygen atoms in total. The summed E-state index contributed by atoms with van der Waals surface area (Å²) in [6, 6.07) is 11.7. The monoisotopic (exact) mass is 288 g/mol. The van der Waals surface area contributed by atoms with Crippen LogP contribution in [0.1, 0.15) is 12.0 Å². The number of thiocarbonyl (C=S) groups is 1. The number of fused-ring (bicyclic) bond motifs is 1. The average Bonchev–Trinajstić information content (AvgIpc) is 2.59. The lowest BCUT2D eigenvalue weighted by molar-refractivity contribution is 0.509. The first-order chi connectivity index (χ1) is 9.63. The maximum atomic E-state index is 13.4. The van der Waals surface area contributed by atoms with Gasteiger partial charge in [-0.3, -0.25) is 4.99 Å². The first-order valence-corrected chi connectivity index (χ1v) is 6.46. The van der Waals surface area contributed by atoms with Crippen LogP contribution in [0, 0.1) is 11.6 Å². The molecule has 100 valence electrons. The van der Waals surface area contributed by atoms with Gasteiger partial charge in [-0.05, 0) is 5.56 Å². The second kappa shape index (κ2) is 5.09. The number of benzene rings is 2. The summed E-state index contributed by atoms with van der Waals surface area (Å²) < 4.78 is 26.6. The van der Waals surface area contributed by atoms with Crippen LogP contribution in [0.4, 0.5) is 20.2 Å². The topological polar surface area (TPSA) is 24.4 Å². The van der Waals surface area contributed by atoms with Crippen LogP contribution in [0.5, 0.6) is 0 Å². The molecule has 2 aromatic rings. The second-order valence-corrected chi connectivity index (χ2v) is 4.93. The minimum atomic E-state index is -0.922. The minimum absolute atomic E-state index is 0.350. The molecular weight excluding hydrogens is 278 g/mol. The van der Waals surface area contributed by atoms with Crippen molar-refractivity contribution in [3.63, 3.8) is 0 Å². The Labute approximate surface area is 120 Å². The van der Waals surface area contributed by atoms with Gasteiger partial charge in [0, 0.05) is 18.6 Å². The van der Waals surface area contributed by atoms with E-state index in [-0.39, 0.29) is 0 Å². The van der Waals surface area contributed by atoms with Gasteiger partial charge in [-0.2, -0.15) is 0 Å². The van der Waals surface area contributed by atoms with Crippen LogP contribution in [-0.4, -0.2) is 10.7 Å². The number of nitrogens with zero attached hydrogens (tertiary/aromatic N) is 1. The highest BCUT2D eigenvalue weighted by atomic mass is 32.1. The molecule has 1 heterocycles. The molecule has 0 amide bonds. The second-order valence-electron chi connectivity index (χ2n) is 4.43. The highest BCUT2D eigenvalue weighted by Crippen LogP contribution is 2.31. The van der Waals surface area contributed by atoms with Crippen LogP contribution in [0.3, 0.4) is 0 Å². The Bertz CT molecular complexity index is 711. The van der Waals surface area contributed by atoms with Crippen molar-refractivity contribution in [2.75, 3.05) is 5.32 Å². The number of hydrogen-bond acceptors (Lipinski definition) is 2. The molecule has 1 aliphatic heterocycles. The third-order valence-electron chi connectivity index (χ3n) is 3.00. The van der Waals surface area contributed by atoms with Gasteiger partial charge in [-0.1, -0.05) is 42.5 Å². The molecule has 0 atom stereocenters. The van der Waals surface area contributed by atoms with Crippen molar-refractivity contribution in [2.24, 2.45) is 4.99 Å². The zero-order valence-electron chi connectivity index (χ0n) is 10.4. The summed E-state index contributed by atoms with van der Waals surface area (Å²) in [5, 5.41) is 2.90. The Morgan fingerprint density at radius 1 is 1.05 bits per heavy atom. The maximum Gasteiger partial charge on any atom is 0.161 e. The zero-order valence-corrected chi connectivity index (χ0v) is 11.2. The summed E-state index contributed by atoms with van der Waals surface area (Å²) in [7, 11) is 0. The smallest absolute Gasteiger partial charge is 0.161 e. The van der Waals surface area contributed by atoms with E-state index in [9.17, 15) is 8.78 Å². The van der Waals surface area contributed by atoms with Crippen molar-refractivity contribution in [1.29, 1.82) is 0 Å². The van der Waals surface area contributed by atoms with Gasteiger partial charge in [0.1, 0.15) is 0 Å². The Balaban J connectivity index is 2.14. The van der Waals surface area contributed by atoms with Crippen LogP contribution in [0.15, 0.2) is 47.5 Å². The number of halogens is 2. The summed E-state index contributed by atoms with van der Waals surface area (Å²) >= 11 is 5.21. The van der Waals surface area contributed by atoms with Gasteiger partial charge < -0.3 is 5.32 Å². The van der Waals surface area contributed by atoms with Crippen molar-refractivity contribution in [3.8, 4) is 0 Å². The van der Waals surface area contributed by atoms with Gasteiger partial charge in [-0.25, -0.2) is 8.78 Å². The highest BCUT2D eigenvalue weighted by Gasteiger charge is 2.17. The molecule has 20 heavy (non-hydrogen) atoms. The van der Waals surface area contributed by atoms with Gasteiger partial charge in [0.15, 0.2) is 11.6 Å². The quantitative estimate of drug-likeness (QED) is 0.794. The summed E-state index contributed by atoms with van der Waals surface area (Å²) in [5.41, 5.74) is 2.38. The summed E-state index contributed by atoms with van der Waals surface area (Å²) in [5.74, 6) is -1.84. The number of rotatable bonds is 1. The Morgan fingerprint density at radius 3 is 2.50 bits per heavy atom. The van der Waals surface area contributed by atoms with Crippen molar-refractivity contribution in [3.05, 3.63) is 59.7 Å². The molecule has 3 rings (SSSR count). The molecule has 0 saturated heterocycles. The summed E-state index contributed by atoms with van der Waals surface area (Å²) in [6.07, 6.45) is 0.428. The van der Waals surface area contributed by atoms with E-state index in [4.69, 9.17) is 12.2 Å². The van der Waals surface area contributed by atoms with E-state index in [1.807, 2.05) is 30.3 Å². The van der Waals surface area contributed by atoms with Gasteiger partial charge in [0.25, 0.3) is 0 Å². The molecule has 0 fully saturated rings. The van der Waals surface area contributed by atoms with Crippen molar-refractivity contribution in [2.45, 2.75) is 6.42 Å². The minimum Gasteiger partial charge on any atom is -0.348 e. The van der Waals surface area contributed by atoms with E-state index < -0.39 is 11.6 Å². The number of hydrogen-bond donors (Lipinski definition) is 1. The molecule has 1 aliphatic rings.